The van der Waals surface area contributed by atoms with E-state index in [0.29, 0.717) is 10.9 Å². The minimum atomic E-state index is -0.283. The van der Waals surface area contributed by atoms with Crippen LogP contribution in [0.5, 0.6) is 0 Å². The zero-order valence-corrected chi connectivity index (χ0v) is 13.5. The zero-order valence-electron chi connectivity index (χ0n) is 12.7. The van der Waals surface area contributed by atoms with E-state index in [4.69, 9.17) is 0 Å². The van der Waals surface area contributed by atoms with Gasteiger partial charge in [-0.05, 0) is 49.5 Å². The van der Waals surface area contributed by atoms with Crippen molar-refractivity contribution in [1.82, 2.24) is 15.2 Å². The second-order valence-corrected chi connectivity index (χ2v) is 7.29. The first-order valence-corrected chi connectivity index (χ1v) is 8.76. The number of nitrogens with zero attached hydrogens (tertiary/aromatic N) is 2. The highest BCUT2D eigenvalue weighted by Crippen LogP contribution is 2.29. The maximum atomic E-state index is 13.3. The summed E-state index contributed by atoms with van der Waals surface area (Å²) < 4.78 is 13.3. The highest BCUT2D eigenvalue weighted by Gasteiger charge is 2.35. The lowest BCUT2D eigenvalue weighted by atomic mass is 9.84. The van der Waals surface area contributed by atoms with Crippen LogP contribution in [0, 0.1) is 11.7 Å². The number of carbonyl (C=O) groups is 1. The van der Waals surface area contributed by atoms with Gasteiger partial charge in [0.25, 0.3) is 5.91 Å². The molecule has 6 heteroatoms. The van der Waals surface area contributed by atoms with Gasteiger partial charge in [0, 0.05) is 18.8 Å². The predicted molar refractivity (Wildman–Crippen MR) is 87.9 cm³/mol. The third kappa shape index (κ3) is 3.01. The predicted octanol–water partition coefficient (Wildman–Crippen LogP) is 2.77. The van der Waals surface area contributed by atoms with E-state index in [9.17, 15) is 9.18 Å². The standard InChI is InChI=1S/C17H18FN3OS/c18-13-3-1-2-12(8-13)15-9-19-17(23-15)16(22)20-14-10-21-6-4-11(14)5-7-21/h1-3,8-9,11,14H,4-7,10H2,(H,20,22). The first kappa shape index (κ1) is 14.8. The second-order valence-electron chi connectivity index (χ2n) is 6.26. The van der Waals surface area contributed by atoms with E-state index in [-0.39, 0.29) is 17.8 Å². The molecule has 2 bridgehead atoms. The Hall–Kier alpha value is -1.79. The van der Waals surface area contributed by atoms with Crippen molar-refractivity contribution in [2.45, 2.75) is 18.9 Å². The summed E-state index contributed by atoms with van der Waals surface area (Å²) in [7, 11) is 0. The summed E-state index contributed by atoms with van der Waals surface area (Å²) in [6.45, 7) is 3.24. The van der Waals surface area contributed by atoms with Gasteiger partial charge in [0.2, 0.25) is 0 Å². The third-order valence-electron chi connectivity index (χ3n) is 4.78. The topological polar surface area (TPSA) is 45.2 Å². The molecule has 1 aromatic carbocycles. The van der Waals surface area contributed by atoms with E-state index >= 15 is 0 Å². The summed E-state index contributed by atoms with van der Waals surface area (Å²) >= 11 is 1.31. The van der Waals surface area contributed by atoms with E-state index in [0.717, 1.165) is 42.9 Å². The van der Waals surface area contributed by atoms with Crippen LogP contribution in [0.1, 0.15) is 22.6 Å². The first-order chi connectivity index (χ1) is 11.2. The molecule has 0 saturated carbocycles. The van der Waals surface area contributed by atoms with E-state index < -0.39 is 0 Å². The Morgan fingerprint density at radius 2 is 2.17 bits per heavy atom. The maximum absolute atomic E-state index is 13.3. The van der Waals surface area contributed by atoms with Crippen LogP contribution in [0.25, 0.3) is 10.4 Å². The van der Waals surface area contributed by atoms with Crippen molar-refractivity contribution in [3.63, 3.8) is 0 Å². The Morgan fingerprint density at radius 1 is 1.35 bits per heavy atom. The molecule has 1 aromatic heterocycles. The van der Waals surface area contributed by atoms with Gasteiger partial charge in [-0.1, -0.05) is 12.1 Å². The number of nitrogens with one attached hydrogen (secondary N) is 1. The van der Waals surface area contributed by atoms with E-state index in [2.05, 4.69) is 15.2 Å². The molecule has 4 nitrogen and oxygen atoms in total. The van der Waals surface area contributed by atoms with Crippen LogP contribution < -0.4 is 5.32 Å². The molecule has 3 saturated heterocycles. The van der Waals surface area contributed by atoms with Crippen molar-refractivity contribution in [2.75, 3.05) is 19.6 Å². The summed E-state index contributed by atoms with van der Waals surface area (Å²) in [5.74, 6) is 0.192. The molecule has 3 aliphatic rings. The third-order valence-corrected chi connectivity index (χ3v) is 5.83. The number of hydrogen-bond donors (Lipinski definition) is 1. The largest absolute Gasteiger partial charge is 0.346 e. The normalized spacial score (nSPS) is 26.2. The summed E-state index contributed by atoms with van der Waals surface area (Å²) in [6, 6.07) is 6.59. The minimum Gasteiger partial charge on any atom is -0.346 e. The van der Waals surface area contributed by atoms with Gasteiger partial charge in [-0.15, -0.1) is 11.3 Å². The zero-order chi connectivity index (χ0) is 15.8. The van der Waals surface area contributed by atoms with Gasteiger partial charge in [-0.25, -0.2) is 9.37 Å². The summed E-state index contributed by atoms with van der Waals surface area (Å²) in [5, 5.41) is 3.58. The maximum Gasteiger partial charge on any atom is 0.280 e. The molecule has 0 radical (unpaired) electrons. The van der Waals surface area contributed by atoms with Gasteiger partial charge < -0.3 is 10.2 Å². The highest BCUT2D eigenvalue weighted by atomic mass is 32.1. The number of thiazole rings is 1. The molecule has 1 amide bonds. The number of amides is 1. The van der Waals surface area contributed by atoms with Gasteiger partial charge in [0.15, 0.2) is 5.01 Å². The Kier molecular flexibility index (Phi) is 3.87. The van der Waals surface area contributed by atoms with Gasteiger partial charge in [0.1, 0.15) is 5.82 Å². The Morgan fingerprint density at radius 3 is 2.87 bits per heavy atom. The van der Waals surface area contributed by atoms with Crippen molar-refractivity contribution < 1.29 is 9.18 Å². The number of aromatic nitrogens is 1. The van der Waals surface area contributed by atoms with E-state index in [1.165, 1.54) is 23.5 Å². The first-order valence-electron chi connectivity index (χ1n) is 7.94. The summed E-state index contributed by atoms with van der Waals surface area (Å²) in [6.07, 6.45) is 3.97. The average molecular weight is 331 g/mol. The molecule has 4 heterocycles. The monoisotopic (exact) mass is 331 g/mol. The lowest BCUT2D eigenvalue weighted by Crippen LogP contribution is -2.57. The lowest BCUT2D eigenvalue weighted by Gasteiger charge is -2.44. The lowest BCUT2D eigenvalue weighted by molar-refractivity contribution is 0.0620. The molecule has 1 atom stereocenters. The fraction of sp³-hybridized carbons (Fsp3) is 0.412. The number of carbonyl (C=O) groups excluding carboxylic acids is 1. The van der Waals surface area contributed by atoms with Gasteiger partial charge >= 0.3 is 0 Å². The van der Waals surface area contributed by atoms with Crippen LogP contribution in [0.15, 0.2) is 30.5 Å². The molecule has 1 N–H and O–H groups in total. The van der Waals surface area contributed by atoms with Crippen molar-refractivity contribution in [2.24, 2.45) is 5.92 Å². The fourth-order valence-corrected chi connectivity index (χ4v) is 4.33. The number of piperidine rings is 3. The molecule has 0 aliphatic carbocycles. The smallest absolute Gasteiger partial charge is 0.280 e. The Balaban J connectivity index is 1.47. The number of hydrogen-bond acceptors (Lipinski definition) is 4. The molecule has 120 valence electrons. The fourth-order valence-electron chi connectivity index (χ4n) is 3.51. The minimum absolute atomic E-state index is 0.114. The number of benzene rings is 1. The summed E-state index contributed by atoms with van der Waals surface area (Å²) in [4.78, 5) is 19.9. The van der Waals surface area contributed by atoms with Gasteiger partial charge in [0.05, 0.1) is 4.88 Å². The number of halogens is 1. The Labute approximate surface area is 138 Å². The Bertz CT molecular complexity index is 724. The van der Waals surface area contributed by atoms with Crippen LogP contribution in [0.4, 0.5) is 4.39 Å². The molecule has 3 fully saturated rings. The summed E-state index contributed by atoms with van der Waals surface area (Å²) in [5.41, 5.74) is 0.754. The average Bonchev–Trinajstić information content (AvgIpc) is 3.06. The van der Waals surface area contributed by atoms with Crippen molar-refractivity contribution in [1.29, 1.82) is 0 Å². The second kappa shape index (κ2) is 6.02. The number of rotatable bonds is 3. The molecule has 3 aliphatic heterocycles. The molecular weight excluding hydrogens is 313 g/mol. The molecule has 0 spiro atoms. The van der Waals surface area contributed by atoms with Crippen LogP contribution >= 0.6 is 11.3 Å². The molecule has 23 heavy (non-hydrogen) atoms. The number of fused-ring (bicyclic) bond motifs is 3. The highest BCUT2D eigenvalue weighted by molar-refractivity contribution is 7.16. The van der Waals surface area contributed by atoms with Crippen molar-refractivity contribution in [3.8, 4) is 10.4 Å². The molecular formula is C17H18FN3OS. The van der Waals surface area contributed by atoms with E-state index in [1.54, 1.807) is 12.3 Å². The quantitative estimate of drug-likeness (QED) is 0.941. The molecule has 2 aromatic rings. The van der Waals surface area contributed by atoms with Gasteiger partial charge in [-0.3, -0.25) is 4.79 Å². The van der Waals surface area contributed by atoms with Crippen LogP contribution in [-0.2, 0) is 0 Å². The van der Waals surface area contributed by atoms with Crippen molar-refractivity contribution in [3.05, 3.63) is 41.3 Å². The molecule has 5 rings (SSSR count). The van der Waals surface area contributed by atoms with Crippen LogP contribution in [0.3, 0.4) is 0 Å². The molecule has 1 unspecified atom stereocenters. The van der Waals surface area contributed by atoms with E-state index in [1.807, 2.05) is 6.07 Å². The van der Waals surface area contributed by atoms with Crippen LogP contribution in [-0.4, -0.2) is 41.5 Å². The van der Waals surface area contributed by atoms with Crippen LogP contribution in [0.2, 0.25) is 0 Å². The SMILES string of the molecule is O=C(NC1CN2CCC1CC2)c1ncc(-c2cccc(F)c2)s1. The van der Waals surface area contributed by atoms with Gasteiger partial charge in [-0.2, -0.15) is 0 Å². The van der Waals surface area contributed by atoms with Crippen molar-refractivity contribution >= 4 is 17.2 Å².